The number of hydrazine groups is 2. The van der Waals surface area contributed by atoms with Crippen LogP contribution in [-0.4, -0.2) is 78.5 Å². The Morgan fingerprint density at radius 2 is 0.872 bits per heavy atom. The summed E-state index contributed by atoms with van der Waals surface area (Å²) in [7, 11) is -5.51. The number of ether oxygens (including phenoxy) is 5. The van der Waals surface area contributed by atoms with Crippen LogP contribution in [0.3, 0.4) is 0 Å². The summed E-state index contributed by atoms with van der Waals surface area (Å²) in [5.41, 5.74) is 3.45. The highest BCUT2D eigenvalue weighted by atomic mass is 32.2. The highest BCUT2D eigenvalue weighted by Crippen LogP contribution is 2.26. The van der Waals surface area contributed by atoms with Crippen LogP contribution in [0.25, 0.3) is 0 Å². The Balaban J connectivity index is 2.25. The first-order valence-electron chi connectivity index (χ1n) is 10.2. The van der Waals surface area contributed by atoms with Gasteiger partial charge in [0.2, 0.25) is 0 Å². The molecule has 0 saturated heterocycles. The Labute approximate surface area is 222 Å². The maximum atomic E-state index is 12.8. The average molecular weight is 591 g/mol. The lowest BCUT2D eigenvalue weighted by Crippen LogP contribution is -2.49. The van der Waals surface area contributed by atoms with Gasteiger partial charge in [-0.25, -0.2) is 30.0 Å². The van der Waals surface area contributed by atoms with Gasteiger partial charge in [-0.15, -0.1) is 8.83 Å². The van der Waals surface area contributed by atoms with Gasteiger partial charge in [0.05, 0.1) is 38.2 Å². The van der Waals surface area contributed by atoms with Crippen molar-refractivity contribution in [3.8, 4) is 11.5 Å². The molecule has 0 fully saturated rings. The van der Waals surface area contributed by atoms with Crippen molar-refractivity contribution in [2.24, 2.45) is 0 Å². The van der Waals surface area contributed by atoms with E-state index in [-0.39, 0.29) is 20.3 Å². The third-order valence-corrected chi connectivity index (χ3v) is 7.57. The molecule has 0 aliphatic rings. The zero-order chi connectivity index (χ0) is 29.4. The fourth-order valence-corrected chi connectivity index (χ4v) is 4.85. The van der Waals surface area contributed by atoms with Gasteiger partial charge in [-0.1, -0.05) is 0 Å². The first kappa shape index (κ1) is 30.4. The third-order valence-electron chi connectivity index (χ3n) is 4.40. The van der Waals surface area contributed by atoms with E-state index < -0.39 is 54.2 Å². The maximum Gasteiger partial charge on any atom is 0.443 e. The monoisotopic (exact) mass is 590 g/mol. The second kappa shape index (κ2) is 12.6. The molecule has 0 aliphatic heterocycles. The highest BCUT2D eigenvalue weighted by molar-refractivity contribution is 7.90. The Morgan fingerprint density at radius 1 is 0.564 bits per heavy atom. The molecule has 0 aromatic heterocycles. The van der Waals surface area contributed by atoms with Crippen molar-refractivity contribution >= 4 is 44.4 Å². The van der Waals surface area contributed by atoms with E-state index in [0.717, 1.165) is 52.7 Å². The lowest BCUT2D eigenvalue weighted by molar-refractivity contribution is 0.120. The van der Waals surface area contributed by atoms with E-state index in [1.165, 1.54) is 24.3 Å². The number of hydrogen-bond acceptors (Lipinski definition) is 13. The summed E-state index contributed by atoms with van der Waals surface area (Å²) in [4.78, 5) is 45.8. The molecule has 2 aromatic rings. The van der Waals surface area contributed by atoms with Gasteiger partial charge >= 0.3 is 24.4 Å². The SMILES string of the molecule is COC(=O)NN(C(=O)OC)S(=O)(=O)c1ccc(Oc2ccc(S(=O)(=O)N(NC(=O)OC)C(=O)OC)cc2)cc1. The summed E-state index contributed by atoms with van der Waals surface area (Å²) in [6, 6.07) is 9.09. The molecule has 0 radical (unpaired) electrons. The smallest absolute Gasteiger partial charge is 0.443 e. The fourth-order valence-electron chi connectivity index (χ4n) is 2.54. The minimum absolute atomic E-state index is 0.0550. The van der Waals surface area contributed by atoms with E-state index in [9.17, 15) is 36.0 Å². The number of carbonyl (C=O) groups excluding carboxylic acids is 4. The molecule has 212 valence electrons. The molecule has 0 bridgehead atoms. The van der Waals surface area contributed by atoms with Gasteiger partial charge in [0.1, 0.15) is 11.5 Å². The first-order valence-corrected chi connectivity index (χ1v) is 13.0. The molecular formula is C20H22N4O13S2. The average Bonchev–Trinajstić information content (AvgIpc) is 2.93. The van der Waals surface area contributed by atoms with E-state index in [4.69, 9.17) is 4.74 Å². The molecule has 0 atom stereocenters. The summed E-state index contributed by atoms with van der Waals surface area (Å²) in [6.07, 6.45) is -5.32. The van der Waals surface area contributed by atoms with E-state index >= 15 is 0 Å². The molecule has 39 heavy (non-hydrogen) atoms. The van der Waals surface area contributed by atoms with Crippen molar-refractivity contribution in [1.82, 2.24) is 19.7 Å². The Bertz CT molecular complexity index is 1320. The van der Waals surface area contributed by atoms with Crippen LogP contribution in [0, 0.1) is 0 Å². The molecule has 2 N–H and O–H groups in total. The van der Waals surface area contributed by atoms with Crippen LogP contribution < -0.4 is 15.6 Å². The van der Waals surface area contributed by atoms with Gasteiger partial charge in [-0.05, 0) is 48.5 Å². The molecule has 0 aliphatic carbocycles. The quantitative estimate of drug-likeness (QED) is 0.361. The van der Waals surface area contributed by atoms with Crippen molar-refractivity contribution < 1.29 is 59.7 Å². The molecule has 0 spiro atoms. The minimum Gasteiger partial charge on any atom is -0.457 e. The lowest BCUT2D eigenvalue weighted by atomic mass is 10.3. The van der Waals surface area contributed by atoms with Crippen LogP contribution in [0.1, 0.15) is 0 Å². The first-order chi connectivity index (χ1) is 18.3. The topological polar surface area (TPSA) is 213 Å². The van der Waals surface area contributed by atoms with Gasteiger partial charge in [-0.2, -0.15) is 16.8 Å². The standard InChI is InChI=1S/C20H22N4O13S2/c1-33-17(25)21-23(19(27)35-3)38(29,30)15-9-5-13(6-10-15)37-14-7-11-16(12-8-14)39(31,32)24(20(28)36-4)22-18(26)34-2/h5-12H,1-4H3,(H,21,25)(H,22,26). The van der Waals surface area contributed by atoms with Crippen molar-refractivity contribution in [1.29, 1.82) is 0 Å². The zero-order valence-corrected chi connectivity index (χ0v) is 22.3. The predicted octanol–water partition coefficient (Wildman–Crippen LogP) is 1.54. The van der Waals surface area contributed by atoms with Crippen LogP contribution in [0.15, 0.2) is 58.3 Å². The summed E-state index contributed by atoms with van der Waals surface area (Å²) in [5, 5.41) is 0. The number of nitrogens with one attached hydrogen (secondary N) is 2. The van der Waals surface area contributed by atoms with E-state index in [2.05, 4.69) is 18.9 Å². The maximum absolute atomic E-state index is 12.8. The Morgan fingerprint density at radius 3 is 1.13 bits per heavy atom. The van der Waals surface area contributed by atoms with Crippen LogP contribution in [0.2, 0.25) is 0 Å². The number of nitrogens with zero attached hydrogens (tertiary/aromatic N) is 2. The van der Waals surface area contributed by atoms with Crippen molar-refractivity contribution in [2.75, 3.05) is 28.4 Å². The molecule has 0 saturated carbocycles. The van der Waals surface area contributed by atoms with Crippen molar-refractivity contribution in [3.05, 3.63) is 48.5 Å². The Hall–Kier alpha value is -4.78. The second-order valence-electron chi connectivity index (χ2n) is 6.73. The number of benzene rings is 2. The van der Waals surface area contributed by atoms with E-state index in [1.54, 1.807) is 10.9 Å². The number of sulfonamides is 2. The summed E-state index contributed by atoms with van der Waals surface area (Å²) >= 11 is 0. The number of carbonyl (C=O) groups is 4. The van der Waals surface area contributed by atoms with Gasteiger partial charge in [0.15, 0.2) is 0 Å². The van der Waals surface area contributed by atoms with Crippen LogP contribution in [-0.2, 0) is 39.0 Å². The predicted molar refractivity (Wildman–Crippen MR) is 127 cm³/mol. The molecule has 17 nitrogen and oxygen atoms in total. The lowest BCUT2D eigenvalue weighted by Gasteiger charge is -2.21. The van der Waals surface area contributed by atoms with Crippen molar-refractivity contribution in [3.63, 3.8) is 0 Å². The summed E-state index contributed by atoms with van der Waals surface area (Å²) < 4.78 is 73.9. The summed E-state index contributed by atoms with van der Waals surface area (Å²) in [6.45, 7) is 0. The number of hydrogen-bond donors (Lipinski definition) is 2. The molecule has 4 amide bonds. The van der Waals surface area contributed by atoms with E-state index in [1.807, 2.05) is 0 Å². The molecule has 19 heteroatoms. The van der Waals surface area contributed by atoms with Crippen LogP contribution in [0.4, 0.5) is 19.2 Å². The number of methoxy groups -OCH3 is 4. The van der Waals surface area contributed by atoms with Gasteiger partial charge in [0.25, 0.3) is 20.0 Å². The highest BCUT2D eigenvalue weighted by Gasteiger charge is 2.34. The molecule has 0 heterocycles. The van der Waals surface area contributed by atoms with Crippen LogP contribution >= 0.6 is 0 Å². The normalized spacial score (nSPS) is 10.9. The van der Waals surface area contributed by atoms with Crippen LogP contribution in [0.5, 0.6) is 11.5 Å². The fraction of sp³-hybridized carbons (Fsp3) is 0.200. The second-order valence-corrected chi connectivity index (χ2v) is 10.3. The summed E-state index contributed by atoms with van der Waals surface area (Å²) in [5.74, 6) is 0.192. The molecular weight excluding hydrogens is 568 g/mol. The molecule has 2 rings (SSSR count). The van der Waals surface area contributed by atoms with Gasteiger partial charge in [0, 0.05) is 0 Å². The molecule has 2 aromatic carbocycles. The largest absolute Gasteiger partial charge is 0.457 e. The number of amides is 4. The third kappa shape index (κ3) is 7.17. The zero-order valence-electron chi connectivity index (χ0n) is 20.6. The van der Waals surface area contributed by atoms with Gasteiger partial charge < -0.3 is 23.7 Å². The van der Waals surface area contributed by atoms with Gasteiger partial charge in [-0.3, -0.25) is 0 Å². The van der Waals surface area contributed by atoms with E-state index in [0.29, 0.717) is 0 Å². The van der Waals surface area contributed by atoms with Crippen molar-refractivity contribution in [2.45, 2.75) is 9.79 Å². The number of rotatable bonds is 6. The minimum atomic E-state index is -4.61. The Kier molecular flexibility index (Phi) is 9.87. The molecule has 0 unspecified atom stereocenters.